The molecule has 0 aromatic carbocycles. The molecule has 16 heavy (non-hydrogen) atoms. The van der Waals surface area contributed by atoms with Gasteiger partial charge in [-0.25, -0.2) is 0 Å². The van der Waals surface area contributed by atoms with Crippen LogP contribution in [0.4, 0.5) is 0 Å². The molecule has 0 amide bonds. The van der Waals surface area contributed by atoms with Gasteiger partial charge in [-0.05, 0) is 44.8 Å². The Morgan fingerprint density at radius 2 is 1.62 bits per heavy atom. The van der Waals surface area contributed by atoms with Crippen LogP contribution in [0.2, 0.25) is 0 Å². The molecule has 0 aliphatic heterocycles. The van der Waals surface area contributed by atoms with Gasteiger partial charge in [-0.2, -0.15) is 11.8 Å². The minimum absolute atomic E-state index is 0.242. The predicted molar refractivity (Wildman–Crippen MR) is 78.3 cm³/mol. The Bertz CT molecular complexity index is 170. The molecular weight excluding hydrogens is 214 g/mol. The molecule has 0 fully saturated rings. The van der Waals surface area contributed by atoms with Crippen molar-refractivity contribution in [1.29, 1.82) is 0 Å². The van der Waals surface area contributed by atoms with Crippen molar-refractivity contribution < 1.29 is 0 Å². The zero-order valence-corrected chi connectivity index (χ0v) is 13.1. The van der Waals surface area contributed by atoms with Crippen LogP contribution in [0.15, 0.2) is 0 Å². The summed E-state index contributed by atoms with van der Waals surface area (Å²) >= 11 is 2.14. The van der Waals surface area contributed by atoms with Gasteiger partial charge in [-0.3, -0.25) is 0 Å². The maximum Gasteiger partial charge on any atom is 0.0195 e. The van der Waals surface area contributed by atoms with Gasteiger partial charge < -0.3 is 5.32 Å². The van der Waals surface area contributed by atoms with Gasteiger partial charge in [-0.15, -0.1) is 0 Å². The molecular formula is C14H31NS. The Morgan fingerprint density at radius 3 is 2.00 bits per heavy atom. The quantitative estimate of drug-likeness (QED) is 0.722. The van der Waals surface area contributed by atoms with Gasteiger partial charge in [0.1, 0.15) is 0 Å². The molecule has 0 bridgehead atoms. The normalized spacial score (nSPS) is 14.8. The van der Waals surface area contributed by atoms with Crippen molar-refractivity contribution in [3.63, 3.8) is 0 Å². The van der Waals surface area contributed by atoms with E-state index < -0.39 is 0 Å². The van der Waals surface area contributed by atoms with Gasteiger partial charge in [0.15, 0.2) is 0 Å². The summed E-state index contributed by atoms with van der Waals surface area (Å²) in [5, 5.41) is 4.37. The van der Waals surface area contributed by atoms with E-state index in [-0.39, 0.29) is 5.54 Å². The first-order valence-electron chi connectivity index (χ1n) is 6.59. The highest BCUT2D eigenvalue weighted by atomic mass is 32.2. The molecule has 0 saturated heterocycles. The zero-order valence-electron chi connectivity index (χ0n) is 12.3. The summed E-state index contributed by atoms with van der Waals surface area (Å²) in [5.74, 6) is 2.88. The smallest absolute Gasteiger partial charge is 0.0195 e. The number of hydrogen-bond acceptors (Lipinski definition) is 2. The monoisotopic (exact) mass is 245 g/mol. The molecule has 1 N–H and O–H groups in total. The number of hydrogen-bond donors (Lipinski definition) is 1. The molecule has 0 radical (unpaired) electrons. The Kier molecular flexibility index (Phi) is 7.75. The van der Waals surface area contributed by atoms with Crippen LogP contribution in [0, 0.1) is 11.8 Å². The highest BCUT2D eigenvalue weighted by molar-refractivity contribution is 7.99. The first kappa shape index (κ1) is 16.3. The van der Waals surface area contributed by atoms with E-state index in [0.717, 1.165) is 23.6 Å². The summed E-state index contributed by atoms with van der Waals surface area (Å²) in [7, 11) is 0. The Morgan fingerprint density at radius 1 is 1.06 bits per heavy atom. The van der Waals surface area contributed by atoms with E-state index >= 15 is 0 Å². The van der Waals surface area contributed by atoms with Crippen LogP contribution in [0.25, 0.3) is 0 Å². The summed E-state index contributed by atoms with van der Waals surface area (Å²) in [6.45, 7) is 17.1. The van der Waals surface area contributed by atoms with Crippen molar-refractivity contribution in [2.24, 2.45) is 11.8 Å². The first-order chi connectivity index (χ1) is 7.22. The largest absolute Gasteiger partial charge is 0.311 e. The van der Waals surface area contributed by atoms with Crippen molar-refractivity contribution in [3.8, 4) is 0 Å². The zero-order chi connectivity index (χ0) is 12.8. The third kappa shape index (κ3) is 9.53. The topological polar surface area (TPSA) is 12.0 Å². The third-order valence-corrected chi connectivity index (χ3v) is 4.21. The molecule has 98 valence electrons. The van der Waals surface area contributed by atoms with Gasteiger partial charge in [0.2, 0.25) is 0 Å². The summed E-state index contributed by atoms with van der Waals surface area (Å²) < 4.78 is 0. The van der Waals surface area contributed by atoms with Crippen LogP contribution in [0.5, 0.6) is 0 Å². The predicted octanol–water partition coefficient (Wildman–Crippen LogP) is 4.18. The molecule has 2 heteroatoms. The van der Waals surface area contributed by atoms with Crippen molar-refractivity contribution in [1.82, 2.24) is 5.32 Å². The van der Waals surface area contributed by atoms with Gasteiger partial charge >= 0.3 is 0 Å². The Labute approximate surface area is 107 Å². The Hall–Kier alpha value is 0.310. The lowest BCUT2D eigenvalue weighted by Gasteiger charge is -2.27. The van der Waals surface area contributed by atoms with Crippen molar-refractivity contribution >= 4 is 11.8 Å². The van der Waals surface area contributed by atoms with Crippen LogP contribution < -0.4 is 5.32 Å². The minimum atomic E-state index is 0.242. The number of nitrogens with one attached hydrogen (secondary N) is 1. The molecule has 0 aromatic rings. The molecule has 0 spiro atoms. The fourth-order valence-electron chi connectivity index (χ4n) is 1.35. The molecule has 0 aliphatic rings. The van der Waals surface area contributed by atoms with Gasteiger partial charge in [0, 0.05) is 17.3 Å². The van der Waals surface area contributed by atoms with Gasteiger partial charge in [0.05, 0.1) is 0 Å². The molecule has 0 aromatic heterocycles. The van der Waals surface area contributed by atoms with Crippen LogP contribution in [-0.2, 0) is 0 Å². The maximum absolute atomic E-state index is 3.62. The average molecular weight is 245 g/mol. The second-order valence-electron chi connectivity index (χ2n) is 6.47. The van der Waals surface area contributed by atoms with E-state index in [2.05, 4.69) is 65.5 Å². The third-order valence-electron chi connectivity index (χ3n) is 2.60. The molecule has 0 heterocycles. The lowest BCUT2D eigenvalue weighted by Crippen LogP contribution is -2.41. The van der Waals surface area contributed by atoms with E-state index in [0.29, 0.717) is 0 Å². The number of rotatable bonds is 7. The van der Waals surface area contributed by atoms with Crippen LogP contribution in [-0.4, -0.2) is 23.1 Å². The standard InChI is InChI=1S/C14H31NS/c1-11(2)8-9-16-13(12(3)4)10-15-14(5,6)7/h11-13,15H,8-10H2,1-7H3. The van der Waals surface area contributed by atoms with Crippen LogP contribution >= 0.6 is 11.8 Å². The first-order valence-corrected chi connectivity index (χ1v) is 7.64. The molecule has 0 rings (SSSR count). The molecule has 1 unspecified atom stereocenters. The fourth-order valence-corrected chi connectivity index (χ4v) is 2.85. The van der Waals surface area contributed by atoms with Crippen molar-refractivity contribution in [2.45, 2.75) is 65.7 Å². The fraction of sp³-hybridized carbons (Fsp3) is 1.00. The highest BCUT2D eigenvalue weighted by Crippen LogP contribution is 2.21. The highest BCUT2D eigenvalue weighted by Gasteiger charge is 2.17. The lowest BCUT2D eigenvalue weighted by molar-refractivity contribution is 0.407. The van der Waals surface area contributed by atoms with Crippen molar-refractivity contribution in [2.75, 3.05) is 12.3 Å². The molecule has 0 aliphatic carbocycles. The number of thioether (sulfide) groups is 1. The average Bonchev–Trinajstić information content (AvgIpc) is 2.07. The lowest BCUT2D eigenvalue weighted by atomic mass is 10.1. The van der Waals surface area contributed by atoms with Crippen LogP contribution in [0.1, 0.15) is 54.9 Å². The molecule has 1 atom stereocenters. The van der Waals surface area contributed by atoms with Crippen LogP contribution in [0.3, 0.4) is 0 Å². The maximum atomic E-state index is 3.62. The van der Waals surface area contributed by atoms with Gasteiger partial charge in [-0.1, -0.05) is 27.7 Å². The van der Waals surface area contributed by atoms with Gasteiger partial charge in [0.25, 0.3) is 0 Å². The second-order valence-corrected chi connectivity index (χ2v) is 7.81. The molecule has 0 saturated carbocycles. The minimum Gasteiger partial charge on any atom is -0.311 e. The SMILES string of the molecule is CC(C)CCSC(CNC(C)(C)C)C(C)C. The van der Waals surface area contributed by atoms with E-state index in [1.807, 2.05) is 0 Å². The van der Waals surface area contributed by atoms with E-state index in [1.165, 1.54) is 12.2 Å². The molecule has 1 nitrogen and oxygen atoms in total. The Balaban J connectivity index is 3.89. The van der Waals surface area contributed by atoms with Crippen molar-refractivity contribution in [3.05, 3.63) is 0 Å². The summed E-state index contributed by atoms with van der Waals surface area (Å²) in [5.41, 5.74) is 0.242. The summed E-state index contributed by atoms with van der Waals surface area (Å²) in [6, 6.07) is 0. The second kappa shape index (κ2) is 7.60. The van der Waals surface area contributed by atoms with E-state index in [9.17, 15) is 0 Å². The van der Waals surface area contributed by atoms with E-state index in [1.54, 1.807) is 0 Å². The summed E-state index contributed by atoms with van der Waals surface area (Å²) in [6.07, 6.45) is 1.34. The summed E-state index contributed by atoms with van der Waals surface area (Å²) in [4.78, 5) is 0. The van der Waals surface area contributed by atoms with E-state index in [4.69, 9.17) is 0 Å².